The highest BCUT2D eigenvalue weighted by molar-refractivity contribution is 6.12. The van der Waals surface area contributed by atoms with Crippen molar-refractivity contribution >= 4 is 11.8 Å². The molecular formula is C14H14O3. The van der Waals surface area contributed by atoms with Gasteiger partial charge >= 0.3 is 5.97 Å². The van der Waals surface area contributed by atoms with Gasteiger partial charge in [0.2, 0.25) is 5.78 Å². The number of esters is 1. The van der Waals surface area contributed by atoms with E-state index in [-0.39, 0.29) is 5.78 Å². The molecular weight excluding hydrogens is 216 g/mol. The van der Waals surface area contributed by atoms with Crippen LogP contribution in [0.25, 0.3) is 0 Å². The van der Waals surface area contributed by atoms with Crippen LogP contribution in [0.5, 0.6) is 0 Å². The summed E-state index contributed by atoms with van der Waals surface area (Å²) in [5, 5.41) is 0. The molecule has 3 nitrogen and oxygen atoms in total. The zero-order chi connectivity index (χ0) is 13.0. The molecule has 0 saturated carbocycles. The largest absolute Gasteiger partial charge is 0.459 e. The van der Waals surface area contributed by atoms with E-state index in [1.165, 1.54) is 7.11 Å². The summed E-state index contributed by atoms with van der Waals surface area (Å²) in [7, 11) is 1.22. The summed E-state index contributed by atoms with van der Waals surface area (Å²) in [6.45, 7) is 5.76. The van der Waals surface area contributed by atoms with Crippen molar-refractivity contribution in [1.82, 2.24) is 0 Å². The highest BCUT2D eigenvalue weighted by atomic mass is 16.5. The number of rotatable bonds is 1. The average molecular weight is 230 g/mol. The molecule has 0 bridgehead atoms. The summed E-state index contributed by atoms with van der Waals surface area (Å²) in [6.07, 6.45) is 0. The number of methoxy groups -OCH3 is 1. The van der Waals surface area contributed by atoms with Crippen LogP contribution in [0.15, 0.2) is 12.1 Å². The topological polar surface area (TPSA) is 43.4 Å². The number of ketones is 1. The zero-order valence-electron chi connectivity index (χ0n) is 10.4. The third kappa shape index (κ3) is 3.18. The van der Waals surface area contributed by atoms with Crippen LogP contribution in [-0.4, -0.2) is 18.9 Å². The Morgan fingerprint density at radius 3 is 2.18 bits per heavy atom. The molecule has 0 fully saturated rings. The third-order valence-electron chi connectivity index (χ3n) is 2.55. The van der Waals surface area contributed by atoms with Crippen LogP contribution in [-0.2, 0) is 9.53 Å². The van der Waals surface area contributed by atoms with Crippen molar-refractivity contribution in [3.8, 4) is 11.8 Å². The van der Waals surface area contributed by atoms with Gasteiger partial charge in [0.05, 0.1) is 7.11 Å². The lowest BCUT2D eigenvalue weighted by atomic mass is 9.98. The van der Waals surface area contributed by atoms with Crippen molar-refractivity contribution in [2.24, 2.45) is 0 Å². The number of hydrogen-bond donors (Lipinski definition) is 0. The Labute approximate surface area is 101 Å². The van der Waals surface area contributed by atoms with Crippen molar-refractivity contribution in [3.63, 3.8) is 0 Å². The second-order valence-electron chi connectivity index (χ2n) is 3.82. The first-order chi connectivity index (χ1) is 7.95. The smallest absolute Gasteiger partial charge is 0.384 e. The highest BCUT2D eigenvalue weighted by Crippen LogP contribution is 2.15. The lowest BCUT2D eigenvalue weighted by Gasteiger charge is -2.05. The van der Waals surface area contributed by atoms with Crippen LogP contribution in [0.4, 0.5) is 0 Å². The van der Waals surface area contributed by atoms with Crippen molar-refractivity contribution in [2.75, 3.05) is 7.11 Å². The van der Waals surface area contributed by atoms with Crippen molar-refractivity contribution in [1.29, 1.82) is 0 Å². The maximum atomic E-state index is 11.8. The van der Waals surface area contributed by atoms with Crippen molar-refractivity contribution in [3.05, 3.63) is 34.4 Å². The van der Waals surface area contributed by atoms with Gasteiger partial charge < -0.3 is 4.74 Å². The van der Waals surface area contributed by atoms with Gasteiger partial charge in [0.25, 0.3) is 0 Å². The molecule has 0 aliphatic carbocycles. The second-order valence-corrected chi connectivity index (χ2v) is 3.82. The van der Waals surface area contributed by atoms with Gasteiger partial charge in [-0.2, -0.15) is 0 Å². The summed E-state index contributed by atoms with van der Waals surface area (Å²) in [4.78, 5) is 22.6. The second kappa shape index (κ2) is 5.31. The fourth-order valence-electron chi connectivity index (χ4n) is 1.43. The van der Waals surface area contributed by atoms with Gasteiger partial charge in [0, 0.05) is 11.5 Å². The molecule has 0 radical (unpaired) electrons. The van der Waals surface area contributed by atoms with E-state index in [1.807, 2.05) is 26.8 Å². The van der Waals surface area contributed by atoms with Crippen LogP contribution in [0.1, 0.15) is 27.0 Å². The van der Waals surface area contributed by atoms with Crippen LogP contribution in [0.2, 0.25) is 0 Å². The maximum absolute atomic E-state index is 11.8. The number of Topliss-reactive ketones (excluding diaryl/α,β-unsaturated/α-hetero) is 1. The number of hydrogen-bond acceptors (Lipinski definition) is 3. The first-order valence-corrected chi connectivity index (χ1v) is 5.18. The molecule has 88 valence electrons. The number of carbonyl (C=O) groups is 2. The van der Waals surface area contributed by atoms with E-state index in [1.54, 1.807) is 6.07 Å². The Bertz CT molecular complexity index is 530. The van der Waals surface area contributed by atoms with E-state index in [9.17, 15) is 9.59 Å². The van der Waals surface area contributed by atoms with Crippen LogP contribution >= 0.6 is 0 Å². The number of ether oxygens (including phenoxy) is 1. The molecule has 17 heavy (non-hydrogen) atoms. The van der Waals surface area contributed by atoms with Crippen LogP contribution < -0.4 is 0 Å². The molecule has 1 aromatic rings. The summed E-state index contributed by atoms with van der Waals surface area (Å²) in [5.41, 5.74) is 3.54. The van der Waals surface area contributed by atoms with Gasteiger partial charge in [-0.05, 0) is 49.4 Å². The predicted octanol–water partition coefficient (Wildman–Crippen LogP) is 1.97. The normalized spacial score (nSPS) is 9.18. The first kappa shape index (κ1) is 13.0. The molecule has 3 heteroatoms. The number of carbonyl (C=O) groups excluding carboxylic acids is 2. The summed E-state index contributed by atoms with van der Waals surface area (Å²) in [6, 6.07) is 3.72. The molecule has 0 saturated heterocycles. The molecule has 0 aliphatic heterocycles. The fourth-order valence-corrected chi connectivity index (χ4v) is 1.43. The van der Waals surface area contributed by atoms with E-state index in [4.69, 9.17) is 0 Å². The number of aryl methyl sites for hydroxylation is 3. The molecule has 0 amide bonds. The first-order valence-electron chi connectivity index (χ1n) is 5.18. The van der Waals surface area contributed by atoms with Crippen molar-refractivity contribution < 1.29 is 14.3 Å². The molecule has 0 aliphatic rings. The Morgan fingerprint density at radius 2 is 1.59 bits per heavy atom. The Morgan fingerprint density at radius 1 is 1.00 bits per heavy atom. The average Bonchev–Trinajstić information content (AvgIpc) is 2.30. The quantitative estimate of drug-likeness (QED) is 0.243. The SMILES string of the molecule is COC(=O)C#CC(=O)c1cc(C)c(C)cc1C. The van der Waals surface area contributed by atoms with Gasteiger partial charge in [0.1, 0.15) is 0 Å². The monoisotopic (exact) mass is 230 g/mol. The summed E-state index contributed by atoms with van der Waals surface area (Å²) in [5.74, 6) is 3.33. The van der Waals surface area contributed by atoms with Gasteiger partial charge in [-0.25, -0.2) is 4.79 Å². The van der Waals surface area contributed by atoms with E-state index in [0.29, 0.717) is 5.56 Å². The van der Waals surface area contributed by atoms with Crippen molar-refractivity contribution in [2.45, 2.75) is 20.8 Å². The lowest BCUT2D eigenvalue weighted by Crippen LogP contribution is -2.02. The zero-order valence-corrected chi connectivity index (χ0v) is 10.4. The minimum atomic E-state index is -0.708. The molecule has 0 atom stereocenters. The summed E-state index contributed by atoms with van der Waals surface area (Å²) < 4.78 is 4.34. The summed E-state index contributed by atoms with van der Waals surface area (Å²) >= 11 is 0. The van der Waals surface area contributed by atoms with E-state index < -0.39 is 5.97 Å². The Kier molecular flexibility index (Phi) is 4.06. The molecule has 0 N–H and O–H groups in total. The Balaban J connectivity index is 3.08. The van der Waals surface area contributed by atoms with E-state index in [0.717, 1.165) is 16.7 Å². The third-order valence-corrected chi connectivity index (χ3v) is 2.55. The van der Waals surface area contributed by atoms with E-state index in [2.05, 4.69) is 16.6 Å². The van der Waals surface area contributed by atoms with Gasteiger partial charge in [0.15, 0.2) is 0 Å². The molecule has 0 aromatic heterocycles. The molecule has 1 aromatic carbocycles. The van der Waals surface area contributed by atoms with Gasteiger partial charge in [-0.3, -0.25) is 4.79 Å². The van der Waals surface area contributed by atoms with Crippen LogP contribution in [0.3, 0.4) is 0 Å². The predicted molar refractivity (Wildman–Crippen MR) is 64.8 cm³/mol. The van der Waals surface area contributed by atoms with E-state index >= 15 is 0 Å². The highest BCUT2D eigenvalue weighted by Gasteiger charge is 2.08. The minimum absolute atomic E-state index is 0.365. The Hall–Kier alpha value is -2.08. The van der Waals surface area contributed by atoms with Crippen LogP contribution in [0, 0.1) is 32.6 Å². The standard InChI is InChI=1S/C14H14O3/c1-9-7-11(3)12(8-10(9)2)13(15)5-6-14(16)17-4/h7-8H,1-4H3. The molecule has 1 rings (SSSR count). The van der Waals surface area contributed by atoms with Gasteiger partial charge in [-0.15, -0.1) is 0 Å². The lowest BCUT2D eigenvalue weighted by molar-refractivity contribution is -0.133. The fraction of sp³-hybridized carbons (Fsp3) is 0.286. The molecule has 0 spiro atoms. The minimum Gasteiger partial charge on any atom is -0.459 e. The molecule has 0 unspecified atom stereocenters. The number of benzene rings is 1. The molecule has 0 heterocycles. The maximum Gasteiger partial charge on any atom is 0.384 e. The van der Waals surface area contributed by atoms with Gasteiger partial charge in [-0.1, -0.05) is 6.07 Å².